The fourth-order valence-electron chi connectivity index (χ4n) is 1.27. The second kappa shape index (κ2) is 6.15. The van der Waals surface area contributed by atoms with Gasteiger partial charge in [0.25, 0.3) is 0 Å². The lowest BCUT2D eigenvalue weighted by molar-refractivity contribution is 0.0586. The maximum Gasteiger partial charge on any atom is 0.376 e. The molecule has 0 bridgehead atoms. The molecule has 17 heavy (non-hydrogen) atoms. The van der Waals surface area contributed by atoms with Gasteiger partial charge in [-0.2, -0.15) is 0 Å². The minimum Gasteiger partial charge on any atom is -0.463 e. The van der Waals surface area contributed by atoms with E-state index >= 15 is 0 Å². The van der Waals surface area contributed by atoms with E-state index in [0.717, 1.165) is 6.42 Å². The van der Waals surface area contributed by atoms with Gasteiger partial charge in [-0.3, -0.25) is 0 Å². The highest BCUT2D eigenvalue weighted by atomic mass is 16.5. The van der Waals surface area contributed by atoms with E-state index in [4.69, 9.17) is 5.73 Å². The van der Waals surface area contributed by atoms with E-state index < -0.39 is 5.97 Å². The van der Waals surface area contributed by atoms with Gasteiger partial charge in [-0.15, -0.1) is 0 Å². The molecular formula is C11H18N4O2. The van der Waals surface area contributed by atoms with E-state index in [1.807, 2.05) is 6.92 Å². The van der Waals surface area contributed by atoms with Crippen molar-refractivity contribution in [1.29, 1.82) is 0 Å². The van der Waals surface area contributed by atoms with Crippen LogP contribution in [0.25, 0.3) is 0 Å². The Morgan fingerprint density at radius 2 is 2.29 bits per heavy atom. The summed E-state index contributed by atoms with van der Waals surface area (Å²) in [6.45, 7) is 4.44. The van der Waals surface area contributed by atoms with Crippen LogP contribution in [0.5, 0.6) is 0 Å². The summed E-state index contributed by atoms with van der Waals surface area (Å²) in [5.74, 6) is 0.137. The average Bonchev–Trinajstić information content (AvgIpc) is 2.26. The van der Waals surface area contributed by atoms with Crippen molar-refractivity contribution >= 4 is 11.8 Å². The molecule has 1 rings (SSSR count). The number of methoxy groups -OCH3 is 1. The zero-order valence-corrected chi connectivity index (χ0v) is 10.4. The molecule has 0 aromatic carbocycles. The van der Waals surface area contributed by atoms with E-state index in [2.05, 4.69) is 20.0 Å². The number of hydrogen-bond donors (Lipinski definition) is 2. The molecule has 0 aliphatic heterocycles. The van der Waals surface area contributed by atoms with Gasteiger partial charge in [0.05, 0.1) is 7.11 Å². The maximum absolute atomic E-state index is 11.3. The van der Waals surface area contributed by atoms with Gasteiger partial charge in [-0.05, 0) is 20.3 Å². The zero-order chi connectivity index (χ0) is 12.8. The molecule has 3 N–H and O–H groups in total. The Bertz CT molecular complexity index is 393. The molecule has 0 saturated carbocycles. The first-order valence-corrected chi connectivity index (χ1v) is 5.46. The SMILES string of the molecule is COC(=O)c1nc(C)cc(NCCC(C)N)n1. The minimum absolute atomic E-state index is 0.0656. The van der Waals surface area contributed by atoms with Crippen LogP contribution in [0.1, 0.15) is 29.7 Å². The summed E-state index contributed by atoms with van der Waals surface area (Å²) in [4.78, 5) is 19.4. The van der Waals surface area contributed by atoms with Crippen molar-refractivity contribution in [3.63, 3.8) is 0 Å². The highest BCUT2D eigenvalue weighted by Gasteiger charge is 2.11. The van der Waals surface area contributed by atoms with Gasteiger partial charge in [0.2, 0.25) is 5.82 Å². The van der Waals surface area contributed by atoms with Crippen LogP contribution in [0.4, 0.5) is 5.82 Å². The van der Waals surface area contributed by atoms with Crippen molar-refractivity contribution in [2.75, 3.05) is 19.0 Å². The number of nitrogens with zero attached hydrogens (tertiary/aromatic N) is 2. The lowest BCUT2D eigenvalue weighted by Gasteiger charge is -2.09. The lowest BCUT2D eigenvalue weighted by atomic mass is 10.2. The second-order valence-electron chi connectivity index (χ2n) is 3.90. The van der Waals surface area contributed by atoms with Gasteiger partial charge < -0.3 is 15.8 Å². The summed E-state index contributed by atoms with van der Waals surface area (Å²) in [5.41, 5.74) is 6.35. The summed E-state index contributed by atoms with van der Waals surface area (Å²) in [6, 6.07) is 1.90. The number of aryl methyl sites for hydroxylation is 1. The Labute approximate surface area is 101 Å². The fourth-order valence-corrected chi connectivity index (χ4v) is 1.27. The summed E-state index contributed by atoms with van der Waals surface area (Å²) in [5, 5.41) is 3.10. The van der Waals surface area contributed by atoms with Crippen LogP contribution in [0, 0.1) is 6.92 Å². The molecule has 0 radical (unpaired) electrons. The van der Waals surface area contributed by atoms with E-state index in [-0.39, 0.29) is 11.9 Å². The number of nitrogens with two attached hydrogens (primary N) is 1. The monoisotopic (exact) mass is 238 g/mol. The molecule has 94 valence electrons. The highest BCUT2D eigenvalue weighted by molar-refractivity contribution is 5.85. The Hall–Kier alpha value is -1.69. The molecule has 0 aliphatic carbocycles. The van der Waals surface area contributed by atoms with Crippen molar-refractivity contribution in [2.24, 2.45) is 5.73 Å². The van der Waals surface area contributed by atoms with Gasteiger partial charge in [0, 0.05) is 24.3 Å². The smallest absolute Gasteiger partial charge is 0.376 e. The molecule has 1 atom stereocenters. The van der Waals surface area contributed by atoms with Crippen LogP contribution in [0.2, 0.25) is 0 Å². The van der Waals surface area contributed by atoms with Crippen molar-refractivity contribution in [3.05, 3.63) is 17.6 Å². The zero-order valence-electron chi connectivity index (χ0n) is 10.4. The Morgan fingerprint density at radius 3 is 2.88 bits per heavy atom. The Kier molecular flexibility index (Phi) is 4.84. The predicted molar refractivity (Wildman–Crippen MR) is 64.9 cm³/mol. The summed E-state index contributed by atoms with van der Waals surface area (Å²) < 4.78 is 4.58. The topological polar surface area (TPSA) is 90.1 Å². The third-order valence-electron chi connectivity index (χ3n) is 2.13. The third kappa shape index (κ3) is 4.36. The van der Waals surface area contributed by atoms with E-state index in [1.54, 1.807) is 13.0 Å². The van der Waals surface area contributed by atoms with Gasteiger partial charge in [-0.25, -0.2) is 14.8 Å². The van der Waals surface area contributed by atoms with E-state index in [0.29, 0.717) is 18.1 Å². The molecule has 0 amide bonds. The van der Waals surface area contributed by atoms with Gasteiger partial charge in [0.15, 0.2) is 0 Å². The first kappa shape index (κ1) is 13.4. The molecule has 6 heteroatoms. The van der Waals surface area contributed by atoms with E-state index in [1.165, 1.54) is 7.11 Å². The van der Waals surface area contributed by atoms with Crippen molar-refractivity contribution in [1.82, 2.24) is 9.97 Å². The molecule has 1 aromatic heterocycles. The third-order valence-corrected chi connectivity index (χ3v) is 2.13. The predicted octanol–water partition coefficient (Wildman–Crippen LogP) is 0.721. The van der Waals surface area contributed by atoms with Crippen molar-refractivity contribution < 1.29 is 9.53 Å². The van der Waals surface area contributed by atoms with Crippen LogP contribution in [-0.2, 0) is 4.74 Å². The number of carbonyl (C=O) groups excluding carboxylic acids is 1. The number of carbonyl (C=O) groups is 1. The van der Waals surface area contributed by atoms with Crippen LogP contribution in [-0.4, -0.2) is 35.6 Å². The number of hydrogen-bond acceptors (Lipinski definition) is 6. The summed E-state index contributed by atoms with van der Waals surface area (Å²) in [7, 11) is 1.30. The van der Waals surface area contributed by atoms with E-state index in [9.17, 15) is 4.79 Å². The average molecular weight is 238 g/mol. The molecule has 1 aromatic rings. The molecule has 6 nitrogen and oxygen atoms in total. The van der Waals surface area contributed by atoms with Gasteiger partial charge >= 0.3 is 5.97 Å². The fraction of sp³-hybridized carbons (Fsp3) is 0.545. The molecule has 0 aliphatic rings. The standard InChI is InChI=1S/C11H18N4O2/c1-7(12)4-5-13-9-6-8(2)14-10(15-9)11(16)17-3/h6-7H,4-5,12H2,1-3H3,(H,13,14,15). The van der Waals surface area contributed by atoms with Crippen molar-refractivity contribution in [2.45, 2.75) is 26.3 Å². The lowest BCUT2D eigenvalue weighted by Crippen LogP contribution is -2.20. The molecular weight excluding hydrogens is 220 g/mol. The number of aromatic nitrogens is 2. The largest absolute Gasteiger partial charge is 0.463 e. The molecule has 1 unspecified atom stereocenters. The molecule has 0 fully saturated rings. The van der Waals surface area contributed by atoms with Crippen LogP contribution in [0.15, 0.2) is 6.07 Å². The number of rotatable bonds is 5. The summed E-state index contributed by atoms with van der Waals surface area (Å²) >= 11 is 0. The first-order chi connectivity index (χ1) is 8.02. The number of anilines is 1. The number of ether oxygens (including phenoxy) is 1. The van der Waals surface area contributed by atoms with Gasteiger partial charge in [-0.1, -0.05) is 0 Å². The second-order valence-corrected chi connectivity index (χ2v) is 3.90. The Balaban J connectivity index is 2.72. The number of esters is 1. The first-order valence-electron chi connectivity index (χ1n) is 5.46. The van der Waals surface area contributed by atoms with Crippen molar-refractivity contribution in [3.8, 4) is 0 Å². The normalized spacial score (nSPS) is 12.0. The quantitative estimate of drug-likeness (QED) is 0.735. The molecule has 1 heterocycles. The van der Waals surface area contributed by atoms with Crippen LogP contribution >= 0.6 is 0 Å². The maximum atomic E-state index is 11.3. The highest BCUT2D eigenvalue weighted by Crippen LogP contribution is 2.07. The number of nitrogens with one attached hydrogen (secondary N) is 1. The van der Waals surface area contributed by atoms with Crippen LogP contribution in [0.3, 0.4) is 0 Å². The minimum atomic E-state index is -0.538. The van der Waals surface area contributed by atoms with Crippen LogP contribution < -0.4 is 11.1 Å². The Morgan fingerprint density at radius 1 is 1.59 bits per heavy atom. The molecule has 0 spiro atoms. The van der Waals surface area contributed by atoms with Gasteiger partial charge in [0.1, 0.15) is 5.82 Å². The summed E-state index contributed by atoms with van der Waals surface area (Å²) in [6.07, 6.45) is 0.830. The molecule has 0 saturated heterocycles.